The van der Waals surface area contributed by atoms with Crippen LogP contribution in [0, 0.1) is 0 Å². The summed E-state index contributed by atoms with van der Waals surface area (Å²) in [5.41, 5.74) is 5.55. The fourth-order valence-corrected chi connectivity index (χ4v) is 4.98. The first-order valence-corrected chi connectivity index (χ1v) is 10.6. The van der Waals surface area contributed by atoms with Crippen molar-refractivity contribution in [3.05, 3.63) is 101 Å². The number of hydrogen-bond donors (Lipinski definition) is 0. The second-order valence-electron chi connectivity index (χ2n) is 7.03. The molecule has 4 aromatic rings. The molecule has 0 N–H and O–H groups in total. The van der Waals surface area contributed by atoms with E-state index in [-0.39, 0.29) is 0 Å². The smallest absolute Gasteiger partial charge is 0.129 e. The molecule has 4 heteroatoms. The van der Waals surface area contributed by atoms with Crippen LogP contribution in [0.25, 0.3) is 16.5 Å². The standard InChI is InChI=1S/C25H21N3S/c1-3-22-26-19-14-8-7-13-18(19)24(27-22)23(17-11-5-4-6-12-17)25-28(2)20-15-9-10-16-21(20)29-25/h4-16H,3H2,1-2H3. The van der Waals surface area contributed by atoms with Crippen molar-refractivity contribution in [2.45, 2.75) is 18.2 Å². The quantitative estimate of drug-likeness (QED) is 0.416. The van der Waals surface area contributed by atoms with Crippen LogP contribution in [0.5, 0.6) is 0 Å². The Balaban J connectivity index is 1.84. The highest BCUT2D eigenvalue weighted by molar-refractivity contribution is 8.04. The third-order valence-corrected chi connectivity index (χ3v) is 6.45. The molecule has 0 fully saturated rings. The van der Waals surface area contributed by atoms with Gasteiger partial charge < -0.3 is 4.90 Å². The van der Waals surface area contributed by atoms with Gasteiger partial charge in [-0.15, -0.1) is 0 Å². The summed E-state index contributed by atoms with van der Waals surface area (Å²) in [7, 11) is 2.14. The zero-order valence-electron chi connectivity index (χ0n) is 16.5. The maximum Gasteiger partial charge on any atom is 0.129 e. The molecule has 0 saturated carbocycles. The highest BCUT2D eigenvalue weighted by Gasteiger charge is 2.27. The Labute approximate surface area is 175 Å². The van der Waals surface area contributed by atoms with Crippen LogP contribution in [0.3, 0.4) is 0 Å². The van der Waals surface area contributed by atoms with E-state index in [0.717, 1.165) is 34.4 Å². The van der Waals surface area contributed by atoms with Crippen LogP contribution in [0.4, 0.5) is 5.69 Å². The molecule has 0 amide bonds. The van der Waals surface area contributed by atoms with Crippen LogP contribution < -0.4 is 4.90 Å². The van der Waals surface area contributed by atoms with Crippen LogP contribution >= 0.6 is 11.8 Å². The van der Waals surface area contributed by atoms with Crippen molar-refractivity contribution >= 4 is 33.9 Å². The first-order valence-electron chi connectivity index (χ1n) is 9.82. The van der Waals surface area contributed by atoms with E-state index in [1.165, 1.54) is 21.2 Å². The summed E-state index contributed by atoms with van der Waals surface area (Å²) in [5.74, 6) is 0.871. The normalized spacial score (nSPS) is 14.9. The van der Waals surface area contributed by atoms with Crippen molar-refractivity contribution in [3.8, 4) is 0 Å². The molecule has 5 rings (SSSR count). The Morgan fingerprint density at radius 1 is 0.862 bits per heavy atom. The molecular formula is C25H21N3S. The van der Waals surface area contributed by atoms with Gasteiger partial charge in [-0.05, 0) is 23.8 Å². The number of aromatic nitrogens is 2. The van der Waals surface area contributed by atoms with E-state index >= 15 is 0 Å². The van der Waals surface area contributed by atoms with Crippen LogP contribution in [-0.4, -0.2) is 17.0 Å². The van der Waals surface area contributed by atoms with Crippen LogP contribution in [0.15, 0.2) is 88.8 Å². The molecule has 0 spiro atoms. The monoisotopic (exact) mass is 395 g/mol. The van der Waals surface area contributed by atoms with E-state index in [0.29, 0.717) is 0 Å². The van der Waals surface area contributed by atoms with E-state index in [2.05, 4.69) is 91.7 Å². The number of hydrogen-bond acceptors (Lipinski definition) is 4. The minimum Gasteiger partial charge on any atom is -0.338 e. The Hall–Kier alpha value is -3.11. The van der Waals surface area contributed by atoms with Crippen LogP contribution in [0.2, 0.25) is 0 Å². The summed E-state index contributed by atoms with van der Waals surface area (Å²) < 4.78 is 0. The van der Waals surface area contributed by atoms with Crippen molar-refractivity contribution < 1.29 is 0 Å². The molecule has 29 heavy (non-hydrogen) atoms. The Kier molecular flexibility index (Phi) is 4.57. The van der Waals surface area contributed by atoms with E-state index < -0.39 is 0 Å². The lowest BCUT2D eigenvalue weighted by Crippen LogP contribution is -2.13. The molecule has 0 radical (unpaired) electrons. The molecule has 142 valence electrons. The molecule has 1 aromatic heterocycles. The molecular weight excluding hydrogens is 374 g/mol. The lowest BCUT2D eigenvalue weighted by atomic mass is 9.99. The molecule has 1 aliphatic rings. The van der Waals surface area contributed by atoms with Gasteiger partial charge in [0.05, 0.1) is 21.9 Å². The van der Waals surface area contributed by atoms with E-state index in [4.69, 9.17) is 9.97 Å². The maximum absolute atomic E-state index is 5.03. The molecule has 0 atom stereocenters. The lowest BCUT2D eigenvalue weighted by molar-refractivity contribution is 0.953. The van der Waals surface area contributed by atoms with Gasteiger partial charge in [0.15, 0.2) is 0 Å². The number of aryl methyl sites for hydroxylation is 1. The maximum atomic E-state index is 5.03. The second-order valence-corrected chi connectivity index (χ2v) is 8.06. The molecule has 0 aliphatic carbocycles. The summed E-state index contributed by atoms with van der Waals surface area (Å²) >= 11 is 1.81. The van der Waals surface area contributed by atoms with E-state index in [9.17, 15) is 0 Å². The number of rotatable bonds is 3. The number of nitrogens with zero attached hydrogens (tertiary/aromatic N) is 3. The van der Waals surface area contributed by atoms with Gasteiger partial charge >= 0.3 is 0 Å². The third kappa shape index (κ3) is 3.10. The summed E-state index contributed by atoms with van der Waals surface area (Å²) in [6.45, 7) is 2.11. The van der Waals surface area contributed by atoms with Crippen LogP contribution in [0.1, 0.15) is 24.0 Å². The van der Waals surface area contributed by atoms with Gasteiger partial charge in [0.1, 0.15) is 5.82 Å². The summed E-state index contributed by atoms with van der Waals surface area (Å²) in [5, 5.41) is 2.28. The predicted molar refractivity (Wildman–Crippen MR) is 122 cm³/mol. The highest BCUT2D eigenvalue weighted by atomic mass is 32.2. The fourth-order valence-electron chi connectivity index (χ4n) is 3.76. The van der Waals surface area contributed by atoms with Gasteiger partial charge in [-0.2, -0.15) is 0 Å². The zero-order valence-corrected chi connectivity index (χ0v) is 17.3. The van der Waals surface area contributed by atoms with Gasteiger partial charge in [0, 0.05) is 29.3 Å². The molecule has 0 unspecified atom stereocenters. The first-order chi connectivity index (χ1) is 14.3. The van der Waals surface area contributed by atoms with Gasteiger partial charge in [-0.25, -0.2) is 9.97 Å². The van der Waals surface area contributed by atoms with E-state index in [1.54, 1.807) is 0 Å². The number of fused-ring (bicyclic) bond motifs is 2. The van der Waals surface area contributed by atoms with Crippen LogP contribution in [-0.2, 0) is 6.42 Å². The SMILES string of the molecule is CCc1nc(C(=C2Sc3ccccc3N2C)c2ccccc2)c2ccccc2n1. The topological polar surface area (TPSA) is 29.0 Å². The number of anilines is 1. The molecule has 0 saturated heterocycles. The fraction of sp³-hybridized carbons (Fsp3) is 0.120. The number of benzene rings is 3. The van der Waals surface area contributed by atoms with E-state index in [1.807, 2.05) is 17.8 Å². The molecule has 3 nitrogen and oxygen atoms in total. The Bertz CT molecular complexity index is 1230. The molecule has 0 bridgehead atoms. The van der Waals surface area contributed by atoms with Crippen molar-refractivity contribution in [2.24, 2.45) is 0 Å². The largest absolute Gasteiger partial charge is 0.338 e. The summed E-state index contributed by atoms with van der Waals surface area (Å²) in [6, 6.07) is 27.4. The molecule has 1 aliphatic heterocycles. The van der Waals surface area contributed by atoms with Crippen molar-refractivity contribution in [1.29, 1.82) is 0 Å². The lowest BCUT2D eigenvalue weighted by Gasteiger charge is -2.20. The van der Waals surface area contributed by atoms with Crippen molar-refractivity contribution in [1.82, 2.24) is 9.97 Å². The first kappa shape index (κ1) is 18.0. The Morgan fingerprint density at radius 3 is 2.38 bits per heavy atom. The minimum absolute atomic E-state index is 0.804. The zero-order chi connectivity index (χ0) is 19.8. The van der Waals surface area contributed by atoms with Gasteiger partial charge in [-0.1, -0.05) is 79.3 Å². The highest BCUT2D eigenvalue weighted by Crippen LogP contribution is 2.49. The van der Waals surface area contributed by atoms with Gasteiger partial charge in [0.2, 0.25) is 0 Å². The minimum atomic E-state index is 0.804. The second kappa shape index (κ2) is 7.37. The van der Waals surface area contributed by atoms with Crippen molar-refractivity contribution in [2.75, 3.05) is 11.9 Å². The predicted octanol–water partition coefficient (Wildman–Crippen LogP) is 6.15. The summed E-state index contributed by atoms with van der Waals surface area (Å²) in [6.07, 6.45) is 0.804. The molecule has 2 heterocycles. The summed E-state index contributed by atoms with van der Waals surface area (Å²) in [4.78, 5) is 13.3. The number of para-hydroxylation sites is 2. The average molecular weight is 396 g/mol. The Morgan fingerprint density at radius 2 is 1.59 bits per heavy atom. The van der Waals surface area contributed by atoms with Gasteiger partial charge in [-0.3, -0.25) is 0 Å². The molecule has 3 aromatic carbocycles. The number of thioether (sulfide) groups is 1. The van der Waals surface area contributed by atoms with Gasteiger partial charge in [0.25, 0.3) is 0 Å². The average Bonchev–Trinajstić information content (AvgIpc) is 3.11. The van der Waals surface area contributed by atoms with Crippen molar-refractivity contribution in [3.63, 3.8) is 0 Å². The third-order valence-electron chi connectivity index (χ3n) is 5.22.